The van der Waals surface area contributed by atoms with E-state index in [1.165, 1.54) is 19.4 Å². The van der Waals surface area contributed by atoms with Crippen molar-refractivity contribution in [1.29, 1.82) is 0 Å². The fraction of sp³-hybridized carbons (Fsp3) is 0.700. The molecule has 0 radical (unpaired) electrons. The van der Waals surface area contributed by atoms with Crippen molar-refractivity contribution in [3.8, 4) is 0 Å². The van der Waals surface area contributed by atoms with E-state index >= 15 is 0 Å². The van der Waals surface area contributed by atoms with Crippen molar-refractivity contribution in [1.82, 2.24) is 15.1 Å². The first-order chi connectivity index (χ1) is 6.79. The highest BCUT2D eigenvalue weighted by atomic mass is 15.2. The summed E-state index contributed by atoms with van der Waals surface area (Å²) in [6, 6.07) is 2.62. The molecule has 0 saturated carbocycles. The van der Waals surface area contributed by atoms with E-state index in [1.54, 1.807) is 0 Å². The Morgan fingerprint density at radius 3 is 3.21 bits per heavy atom. The Morgan fingerprint density at radius 1 is 1.71 bits per heavy atom. The number of aromatic nitrogens is 2. The quantitative estimate of drug-likeness (QED) is 0.755. The predicted molar refractivity (Wildman–Crippen MR) is 57.0 cm³/mol. The average molecular weight is 194 g/mol. The molecule has 14 heavy (non-hydrogen) atoms. The minimum Gasteiger partial charge on any atom is -0.382 e. The molecule has 4 heteroatoms. The molecule has 2 heterocycles. The van der Waals surface area contributed by atoms with Gasteiger partial charge >= 0.3 is 0 Å². The van der Waals surface area contributed by atoms with Gasteiger partial charge in [-0.05, 0) is 25.9 Å². The minimum atomic E-state index is 0.598. The van der Waals surface area contributed by atoms with Crippen molar-refractivity contribution in [2.45, 2.75) is 32.2 Å². The third-order valence-electron chi connectivity index (χ3n) is 3.01. The van der Waals surface area contributed by atoms with Crippen molar-refractivity contribution in [3.63, 3.8) is 0 Å². The molecule has 0 aliphatic carbocycles. The Kier molecular flexibility index (Phi) is 2.72. The molecule has 1 atom stereocenters. The molecule has 1 aromatic heterocycles. The molecule has 0 aromatic carbocycles. The molecule has 1 aliphatic heterocycles. The van der Waals surface area contributed by atoms with Crippen molar-refractivity contribution in [3.05, 3.63) is 11.8 Å². The molecule has 78 valence electrons. The Bertz CT molecular complexity index is 294. The van der Waals surface area contributed by atoms with Gasteiger partial charge in [0.05, 0.1) is 0 Å². The number of nitrogens with one attached hydrogen (secondary N) is 1. The normalized spacial score (nSPS) is 23.1. The van der Waals surface area contributed by atoms with Crippen molar-refractivity contribution in [2.75, 3.05) is 18.8 Å². The number of hydrogen-bond donors (Lipinski definition) is 2. The van der Waals surface area contributed by atoms with Crippen LogP contribution in [-0.4, -0.2) is 34.2 Å². The molecule has 4 nitrogen and oxygen atoms in total. The number of nitrogen functional groups attached to an aromatic ring is 1. The molecule has 1 saturated heterocycles. The fourth-order valence-electron chi connectivity index (χ4n) is 2.28. The van der Waals surface area contributed by atoms with Gasteiger partial charge in [-0.15, -0.1) is 0 Å². The van der Waals surface area contributed by atoms with Gasteiger partial charge in [0.1, 0.15) is 5.82 Å². The zero-order chi connectivity index (χ0) is 9.97. The van der Waals surface area contributed by atoms with Gasteiger partial charge in [0, 0.05) is 24.2 Å². The number of nitrogens with zero attached hydrogens (tertiary/aromatic N) is 2. The second-order valence-corrected chi connectivity index (χ2v) is 3.95. The summed E-state index contributed by atoms with van der Waals surface area (Å²) in [5.74, 6) is 0.598. The maximum absolute atomic E-state index is 5.56. The van der Waals surface area contributed by atoms with Crippen LogP contribution in [0.15, 0.2) is 6.07 Å². The summed E-state index contributed by atoms with van der Waals surface area (Å²) in [4.78, 5) is 2.52. The van der Waals surface area contributed by atoms with Crippen LogP contribution in [0.1, 0.15) is 25.5 Å². The number of likely N-dealkylation sites (N-methyl/N-ethyl adjacent to an activating group) is 1. The molecule has 0 amide bonds. The number of hydrogen-bond acceptors (Lipinski definition) is 3. The van der Waals surface area contributed by atoms with Gasteiger partial charge in [-0.1, -0.05) is 6.92 Å². The number of H-pyrrole nitrogens is 1. The lowest BCUT2D eigenvalue weighted by Gasteiger charge is -2.21. The first kappa shape index (κ1) is 9.52. The van der Waals surface area contributed by atoms with Gasteiger partial charge in [0.25, 0.3) is 0 Å². The van der Waals surface area contributed by atoms with Gasteiger partial charge in [-0.3, -0.25) is 5.10 Å². The van der Waals surface area contributed by atoms with E-state index in [1.807, 2.05) is 6.07 Å². The third kappa shape index (κ3) is 1.90. The van der Waals surface area contributed by atoms with Gasteiger partial charge in [-0.2, -0.15) is 5.10 Å². The molecule has 0 bridgehead atoms. The van der Waals surface area contributed by atoms with Gasteiger partial charge < -0.3 is 10.6 Å². The van der Waals surface area contributed by atoms with E-state index in [0.717, 1.165) is 18.7 Å². The summed E-state index contributed by atoms with van der Waals surface area (Å²) < 4.78 is 0. The van der Waals surface area contributed by atoms with Crippen LogP contribution < -0.4 is 5.73 Å². The van der Waals surface area contributed by atoms with Crippen LogP contribution in [0.2, 0.25) is 0 Å². The summed E-state index contributed by atoms with van der Waals surface area (Å²) in [5, 5.41) is 6.92. The number of aromatic amines is 1. The van der Waals surface area contributed by atoms with Crippen LogP contribution >= 0.6 is 0 Å². The predicted octanol–water partition coefficient (Wildman–Crippen LogP) is 1.02. The zero-order valence-electron chi connectivity index (χ0n) is 8.66. The van der Waals surface area contributed by atoms with Gasteiger partial charge in [-0.25, -0.2) is 0 Å². The molecular formula is C10H18N4. The Hall–Kier alpha value is -1.03. The molecule has 1 aliphatic rings. The number of rotatable bonds is 3. The van der Waals surface area contributed by atoms with E-state index in [2.05, 4.69) is 22.0 Å². The van der Waals surface area contributed by atoms with Crippen molar-refractivity contribution in [2.24, 2.45) is 0 Å². The second-order valence-electron chi connectivity index (χ2n) is 3.95. The molecule has 1 fully saturated rings. The molecule has 0 spiro atoms. The zero-order valence-corrected chi connectivity index (χ0v) is 8.66. The van der Waals surface area contributed by atoms with Crippen LogP contribution in [0.4, 0.5) is 5.82 Å². The first-order valence-corrected chi connectivity index (χ1v) is 5.33. The molecular weight excluding hydrogens is 176 g/mol. The lowest BCUT2D eigenvalue weighted by atomic mass is 10.1. The topological polar surface area (TPSA) is 57.9 Å². The fourth-order valence-corrected chi connectivity index (χ4v) is 2.28. The maximum atomic E-state index is 5.56. The lowest BCUT2D eigenvalue weighted by molar-refractivity contribution is 0.264. The number of likely N-dealkylation sites (tertiary alicyclic amines) is 1. The highest BCUT2D eigenvalue weighted by Gasteiger charge is 2.23. The molecule has 3 N–H and O–H groups in total. The summed E-state index contributed by atoms with van der Waals surface area (Å²) in [5.41, 5.74) is 6.72. The smallest absolute Gasteiger partial charge is 0.145 e. The van der Waals surface area contributed by atoms with Crippen LogP contribution in [0.25, 0.3) is 0 Å². The summed E-state index contributed by atoms with van der Waals surface area (Å²) in [6.07, 6.45) is 3.67. The standard InChI is InChI=1S/C10H18N4/c1-2-14-5-3-4-9(14)6-8-7-10(11)13-12-8/h7,9H,2-6H2,1H3,(H3,11,12,13). The van der Waals surface area contributed by atoms with E-state index in [0.29, 0.717) is 11.9 Å². The second kappa shape index (κ2) is 4.00. The van der Waals surface area contributed by atoms with Crippen LogP contribution in [0, 0.1) is 0 Å². The Labute approximate surface area is 84.5 Å². The van der Waals surface area contributed by atoms with E-state index < -0.39 is 0 Å². The maximum Gasteiger partial charge on any atom is 0.145 e. The first-order valence-electron chi connectivity index (χ1n) is 5.33. The van der Waals surface area contributed by atoms with Crippen LogP contribution in [0.5, 0.6) is 0 Å². The molecule has 2 rings (SSSR count). The highest BCUT2D eigenvalue weighted by Crippen LogP contribution is 2.20. The van der Waals surface area contributed by atoms with E-state index in [9.17, 15) is 0 Å². The SMILES string of the molecule is CCN1CCCC1Cc1cc(N)n[nH]1. The van der Waals surface area contributed by atoms with Gasteiger partial charge in [0.2, 0.25) is 0 Å². The Morgan fingerprint density at radius 2 is 2.57 bits per heavy atom. The summed E-state index contributed by atoms with van der Waals surface area (Å²) in [7, 11) is 0. The molecule has 1 aromatic rings. The van der Waals surface area contributed by atoms with Crippen LogP contribution in [-0.2, 0) is 6.42 Å². The summed E-state index contributed by atoms with van der Waals surface area (Å²) >= 11 is 0. The minimum absolute atomic E-state index is 0.598. The Balaban J connectivity index is 1.96. The average Bonchev–Trinajstić information content (AvgIpc) is 2.76. The monoisotopic (exact) mass is 194 g/mol. The summed E-state index contributed by atoms with van der Waals surface area (Å²) in [6.45, 7) is 4.61. The van der Waals surface area contributed by atoms with Crippen molar-refractivity contribution < 1.29 is 0 Å². The lowest BCUT2D eigenvalue weighted by Crippen LogP contribution is -2.30. The van der Waals surface area contributed by atoms with Gasteiger partial charge in [0.15, 0.2) is 0 Å². The molecule has 1 unspecified atom stereocenters. The third-order valence-corrected chi connectivity index (χ3v) is 3.01. The number of anilines is 1. The largest absolute Gasteiger partial charge is 0.382 e. The highest BCUT2D eigenvalue weighted by molar-refractivity contribution is 5.28. The van der Waals surface area contributed by atoms with E-state index in [-0.39, 0.29) is 0 Å². The van der Waals surface area contributed by atoms with E-state index in [4.69, 9.17) is 5.73 Å². The number of nitrogens with two attached hydrogens (primary N) is 1. The van der Waals surface area contributed by atoms with Crippen molar-refractivity contribution >= 4 is 5.82 Å². The van der Waals surface area contributed by atoms with Crippen LogP contribution in [0.3, 0.4) is 0 Å².